The van der Waals surface area contributed by atoms with Crippen LogP contribution in [0.1, 0.15) is 31.7 Å². The number of ether oxygens (including phenoxy) is 1. The topological polar surface area (TPSA) is 21.3 Å². The molecule has 0 saturated carbocycles. The van der Waals surface area contributed by atoms with E-state index >= 15 is 0 Å². The smallest absolute Gasteiger partial charge is 0.120 e. The number of benzene rings is 1. The second-order valence-corrected chi connectivity index (χ2v) is 6.10. The van der Waals surface area contributed by atoms with Crippen LogP contribution >= 0.6 is 11.8 Å². The van der Waals surface area contributed by atoms with Gasteiger partial charge in [0.1, 0.15) is 5.75 Å². The minimum Gasteiger partial charge on any atom is -0.491 e. The molecule has 1 heterocycles. The van der Waals surface area contributed by atoms with Gasteiger partial charge in [-0.2, -0.15) is 0 Å². The molecule has 1 aliphatic rings. The first-order valence-electron chi connectivity index (χ1n) is 6.27. The minimum absolute atomic E-state index is 0.234. The van der Waals surface area contributed by atoms with Crippen LogP contribution in [0.25, 0.3) is 0 Å². The van der Waals surface area contributed by atoms with Crippen LogP contribution in [-0.2, 0) is 0 Å². The van der Waals surface area contributed by atoms with E-state index in [1.807, 2.05) is 17.8 Å². The molecule has 94 valence electrons. The molecule has 2 rings (SSSR count). The van der Waals surface area contributed by atoms with Gasteiger partial charge in [-0.1, -0.05) is 19.1 Å². The zero-order valence-corrected chi connectivity index (χ0v) is 11.6. The zero-order valence-electron chi connectivity index (χ0n) is 10.8. The Kier molecular flexibility index (Phi) is 4.35. The lowest BCUT2D eigenvalue weighted by Crippen LogP contribution is -2.31. The van der Waals surface area contributed by atoms with Gasteiger partial charge in [0.15, 0.2) is 0 Å². The van der Waals surface area contributed by atoms with Gasteiger partial charge < -0.3 is 10.1 Å². The molecule has 0 spiro atoms. The molecule has 3 heteroatoms. The van der Waals surface area contributed by atoms with Crippen molar-refractivity contribution in [1.82, 2.24) is 5.32 Å². The Balaban J connectivity index is 2.05. The SMILES string of the molecule is CC1CNC(c2cccc(OC(C)C)c2)SC1. The predicted molar refractivity (Wildman–Crippen MR) is 74.6 cm³/mol. The van der Waals surface area contributed by atoms with E-state index in [0.29, 0.717) is 5.37 Å². The molecule has 2 atom stereocenters. The summed E-state index contributed by atoms with van der Waals surface area (Å²) in [4.78, 5) is 0. The van der Waals surface area contributed by atoms with Gasteiger partial charge in [-0.3, -0.25) is 0 Å². The maximum atomic E-state index is 5.73. The van der Waals surface area contributed by atoms with Gasteiger partial charge in [0.2, 0.25) is 0 Å². The predicted octanol–water partition coefficient (Wildman–Crippen LogP) is 3.44. The summed E-state index contributed by atoms with van der Waals surface area (Å²) in [6.07, 6.45) is 0.234. The fourth-order valence-electron chi connectivity index (χ4n) is 1.92. The van der Waals surface area contributed by atoms with E-state index in [2.05, 4.69) is 44.3 Å². The second-order valence-electron chi connectivity index (χ2n) is 4.97. The van der Waals surface area contributed by atoms with E-state index in [1.54, 1.807) is 0 Å². The van der Waals surface area contributed by atoms with Crippen LogP contribution in [0, 0.1) is 5.92 Å². The van der Waals surface area contributed by atoms with Gasteiger partial charge in [-0.15, -0.1) is 11.8 Å². The normalized spacial score (nSPS) is 24.9. The Bertz CT molecular complexity index is 359. The number of nitrogens with one attached hydrogen (secondary N) is 1. The Morgan fingerprint density at radius 3 is 2.88 bits per heavy atom. The Morgan fingerprint density at radius 2 is 2.24 bits per heavy atom. The van der Waals surface area contributed by atoms with E-state index in [1.165, 1.54) is 11.3 Å². The van der Waals surface area contributed by atoms with E-state index < -0.39 is 0 Å². The zero-order chi connectivity index (χ0) is 12.3. The number of rotatable bonds is 3. The molecule has 1 saturated heterocycles. The first-order valence-corrected chi connectivity index (χ1v) is 7.31. The van der Waals surface area contributed by atoms with Crippen LogP contribution in [-0.4, -0.2) is 18.4 Å². The fourth-order valence-corrected chi connectivity index (χ4v) is 3.12. The fraction of sp³-hybridized carbons (Fsp3) is 0.571. The maximum Gasteiger partial charge on any atom is 0.120 e. The van der Waals surface area contributed by atoms with Crippen molar-refractivity contribution in [2.24, 2.45) is 5.92 Å². The average molecular weight is 251 g/mol. The molecule has 17 heavy (non-hydrogen) atoms. The molecule has 2 nitrogen and oxygen atoms in total. The molecule has 0 bridgehead atoms. The van der Waals surface area contributed by atoms with Crippen molar-refractivity contribution >= 4 is 11.8 Å². The van der Waals surface area contributed by atoms with Crippen LogP contribution in [0.5, 0.6) is 5.75 Å². The van der Waals surface area contributed by atoms with Crippen molar-refractivity contribution < 1.29 is 4.74 Å². The molecule has 1 aromatic carbocycles. The van der Waals surface area contributed by atoms with Gasteiger partial charge in [-0.25, -0.2) is 0 Å². The van der Waals surface area contributed by atoms with Crippen molar-refractivity contribution in [2.75, 3.05) is 12.3 Å². The Morgan fingerprint density at radius 1 is 1.41 bits per heavy atom. The largest absolute Gasteiger partial charge is 0.491 e. The highest BCUT2D eigenvalue weighted by Crippen LogP contribution is 2.32. The number of hydrogen-bond acceptors (Lipinski definition) is 3. The van der Waals surface area contributed by atoms with Crippen LogP contribution in [0.15, 0.2) is 24.3 Å². The Labute approximate surface area is 108 Å². The molecular formula is C14H21NOS. The van der Waals surface area contributed by atoms with E-state index in [9.17, 15) is 0 Å². The van der Waals surface area contributed by atoms with Crippen molar-refractivity contribution in [3.63, 3.8) is 0 Å². The highest BCUT2D eigenvalue weighted by molar-refractivity contribution is 7.99. The van der Waals surface area contributed by atoms with Crippen LogP contribution < -0.4 is 10.1 Å². The van der Waals surface area contributed by atoms with Crippen LogP contribution in [0.2, 0.25) is 0 Å². The minimum atomic E-state index is 0.234. The lowest BCUT2D eigenvalue weighted by atomic mass is 10.1. The number of hydrogen-bond donors (Lipinski definition) is 1. The third kappa shape index (κ3) is 3.65. The quantitative estimate of drug-likeness (QED) is 0.889. The lowest BCUT2D eigenvalue weighted by Gasteiger charge is -2.28. The molecular weight excluding hydrogens is 230 g/mol. The van der Waals surface area contributed by atoms with Gasteiger partial charge in [0, 0.05) is 0 Å². The Hall–Kier alpha value is -0.670. The molecule has 1 N–H and O–H groups in total. The summed E-state index contributed by atoms with van der Waals surface area (Å²) < 4.78 is 5.73. The summed E-state index contributed by atoms with van der Waals surface area (Å²) in [7, 11) is 0. The highest BCUT2D eigenvalue weighted by Gasteiger charge is 2.19. The molecule has 0 radical (unpaired) electrons. The summed E-state index contributed by atoms with van der Waals surface area (Å²) in [5.41, 5.74) is 1.32. The van der Waals surface area contributed by atoms with Gasteiger partial charge in [0.05, 0.1) is 11.5 Å². The first kappa shape index (κ1) is 12.8. The standard InChI is InChI=1S/C14H21NOS/c1-10(2)16-13-6-4-5-12(7-13)14-15-8-11(3)9-17-14/h4-7,10-11,14-15H,8-9H2,1-3H3. The monoisotopic (exact) mass is 251 g/mol. The van der Waals surface area contributed by atoms with Crippen molar-refractivity contribution in [3.8, 4) is 5.75 Å². The summed E-state index contributed by atoms with van der Waals surface area (Å²) in [5, 5.41) is 3.99. The molecule has 2 unspecified atom stereocenters. The second kappa shape index (κ2) is 5.78. The molecule has 0 aliphatic carbocycles. The maximum absolute atomic E-state index is 5.73. The summed E-state index contributed by atoms with van der Waals surface area (Å²) in [6.45, 7) is 7.51. The van der Waals surface area contributed by atoms with Gasteiger partial charge in [0.25, 0.3) is 0 Å². The average Bonchev–Trinajstić information content (AvgIpc) is 2.29. The molecule has 1 aliphatic heterocycles. The summed E-state index contributed by atoms with van der Waals surface area (Å²) in [5.74, 6) is 2.97. The van der Waals surface area contributed by atoms with Crippen molar-refractivity contribution in [2.45, 2.75) is 32.2 Å². The highest BCUT2D eigenvalue weighted by atomic mass is 32.2. The molecule has 0 aromatic heterocycles. The van der Waals surface area contributed by atoms with Crippen molar-refractivity contribution in [1.29, 1.82) is 0 Å². The molecule has 1 fully saturated rings. The third-order valence-electron chi connectivity index (χ3n) is 2.73. The van der Waals surface area contributed by atoms with Gasteiger partial charge in [-0.05, 0) is 49.8 Å². The first-order chi connectivity index (χ1) is 8.15. The molecule has 0 amide bonds. The van der Waals surface area contributed by atoms with E-state index in [0.717, 1.165) is 18.2 Å². The molecule has 1 aromatic rings. The third-order valence-corrected chi connectivity index (χ3v) is 4.27. The summed E-state index contributed by atoms with van der Waals surface area (Å²) in [6, 6.07) is 8.43. The number of thioether (sulfide) groups is 1. The van der Waals surface area contributed by atoms with Crippen LogP contribution in [0.4, 0.5) is 0 Å². The van der Waals surface area contributed by atoms with Crippen molar-refractivity contribution in [3.05, 3.63) is 29.8 Å². The van der Waals surface area contributed by atoms with Crippen LogP contribution in [0.3, 0.4) is 0 Å². The lowest BCUT2D eigenvalue weighted by molar-refractivity contribution is 0.242. The van der Waals surface area contributed by atoms with Gasteiger partial charge >= 0.3 is 0 Å². The summed E-state index contributed by atoms with van der Waals surface area (Å²) >= 11 is 1.99. The van der Waals surface area contributed by atoms with E-state index in [-0.39, 0.29) is 6.10 Å². The van der Waals surface area contributed by atoms with E-state index in [4.69, 9.17) is 4.74 Å².